The van der Waals surface area contributed by atoms with Gasteiger partial charge in [-0.1, -0.05) is 11.6 Å². The molecule has 0 saturated carbocycles. The summed E-state index contributed by atoms with van der Waals surface area (Å²) in [6.07, 6.45) is 1.58. The van der Waals surface area contributed by atoms with Crippen LogP contribution in [-0.2, 0) is 6.54 Å². The van der Waals surface area contributed by atoms with E-state index in [1.807, 2.05) is 6.07 Å². The molecular formula is C13H12ClNO3. The van der Waals surface area contributed by atoms with Gasteiger partial charge in [0, 0.05) is 12.1 Å². The number of anilines is 1. The van der Waals surface area contributed by atoms with E-state index in [0.717, 1.165) is 5.76 Å². The summed E-state index contributed by atoms with van der Waals surface area (Å²) in [7, 11) is 1.79. The third-order valence-corrected chi connectivity index (χ3v) is 2.81. The molecule has 2 aromatic rings. The fourth-order valence-electron chi connectivity index (χ4n) is 1.72. The number of benzene rings is 1. The number of carboxylic acid groups (broad SMARTS) is 1. The van der Waals surface area contributed by atoms with Crippen LogP contribution >= 0.6 is 11.6 Å². The molecule has 0 fully saturated rings. The van der Waals surface area contributed by atoms with Crippen molar-refractivity contribution < 1.29 is 14.3 Å². The van der Waals surface area contributed by atoms with Gasteiger partial charge in [-0.25, -0.2) is 4.79 Å². The molecule has 1 aromatic heterocycles. The van der Waals surface area contributed by atoms with Crippen molar-refractivity contribution in [3.05, 3.63) is 52.9 Å². The van der Waals surface area contributed by atoms with Crippen LogP contribution in [0.1, 0.15) is 16.1 Å². The van der Waals surface area contributed by atoms with Gasteiger partial charge in [-0.2, -0.15) is 0 Å². The van der Waals surface area contributed by atoms with E-state index in [4.69, 9.17) is 21.1 Å². The van der Waals surface area contributed by atoms with Gasteiger partial charge in [0.25, 0.3) is 0 Å². The molecule has 0 spiro atoms. The van der Waals surface area contributed by atoms with Gasteiger partial charge in [0.1, 0.15) is 5.76 Å². The molecule has 5 heteroatoms. The summed E-state index contributed by atoms with van der Waals surface area (Å²) in [5, 5.41) is 9.64. The highest BCUT2D eigenvalue weighted by atomic mass is 35.5. The molecule has 0 unspecified atom stereocenters. The Labute approximate surface area is 109 Å². The Morgan fingerprint density at radius 3 is 2.83 bits per heavy atom. The molecule has 0 radical (unpaired) electrons. The van der Waals surface area contributed by atoms with E-state index >= 15 is 0 Å². The number of hydrogen-bond donors (Lipinski definition) is 1. The SMILES string of the molecule is CN(Cc1ccco1)c1cc(Cl)ccc1C(=O)O. The fraction of sp³-hybridized carbons (Fsp3) is 0.154. The van der Waals surface area contributed by atoms with Gasteiger partial charge in [-0.05, 0) is 30.3 Å². The van der Waals surface area contributed by atoms with Crippen molar-refractivity contribution in [2.45, 2.75) is 6.54 Å². The zero-order chi connectivity index (χ0) is 13.1. The number of carbonyl (C=O) groups is 1. The van der Waals surface area contributed by atoms with Gasteiger partial charge in [0.05, 0.1) is 24.1 Å². The maximum Gasteiger partial charge on any atom is 0.337 e. The highest BCUT2D eigenvalue weighted by molar-refractivity contribution is 6.31. The molecular weight excluding hydrogens is 254 g/mol. The lowest BCUT2D eigenvalue weighted by molar-refractivity contribution is 0.0697. The largest absolute Gasteiger partial charge is 0.478 e. The van der Waals surface area contributed by atoms with E-state index in [2.05, 4.69) is 0 Å². The summed E-state index contributed by atoms with van der Waals surface area (Å²) in [6.45, 7) is 0.480. The molecule has 4 nitrogen and oxygen atoms in total. The summed E-state index contributed by atoms with van der Waals surface area (Å²) in [5.41, 5.74) is 0.778. The van der Waals surface area contributed by atoms with Crippen LogP contribution in [0.15, 0.2) is 41.0 Å². The van der Waals surface area contributed by atoms with E-state index in [-0.39, 0.29) is 5.56 Å². The molecule has 0 saturated heterocycles. The summed E-state index contributed by atoms with van der Waals surface area (Å²) in [5.74, 6) is -0.221. The van der Waals surface area contributed by atoms with E-state index in [1.54, 1.807) is 36.4 Å². The topological polar surface area (TPSA) is 53.7 Å². The van der Waals surface area contributed by atoms with Crippen LogP contribution in [0, 0.1) is 0 Å². The molecule has 0 aliphatic carbocycles. The monoisotopic (exact) mass is 265 g/mol. The first-order valence-electron chi connectivity index (χ1n) is 5.34. The number of halogens is 1. The minimum atomic E-state index is -0.979. The van der Waals surface area contributed by atoms with E-state index in [1.165, 1.54) is 6.07 Å². The van der Waals surface area contributed by atoms with Crippen LogP contribution in [0.5, 0.6) is 0 Å². The maximum atomic E-state index is 11.1. The summed E-state index contributed by atoms with van der Waals surface area (Å²) < 4.78 is 5.23. The molecule has 0 aliphatic rings. The van der Waals surface area contributed by atoms with E-state index in [9.17, 15) is 4.79 Å². The normalized spacial score (nSPS) is 10.3. The zero-order valence-corrected chi connectivity index (χ0v) is 10.5. The van der Waals surface area contributed by atoms with Crippen LogP contribution in [0.25, 0.3) is 0 Å². The fourth-order valence-corrected chi connectivity index (χ4v) is 1.89. The third kappa shape index (κ3) is 2.65. The Kier molecular flexibility index (Phi) is 3.58. The minimum Gasteiger partial charge on any atom is -0.478 e. The molecule has 1 aromatic carbocycles. The Balaban J connectivity index is 2.31. The lowest BCUT2D eigenvalue weighted by Crippen LogP contribution is -2.19. The van der Waals surface area contributed by atoms with Gasteiger partial charge in [-0.15, -0.1) is 0 Å². The maximum absolute atomic E-state index is 11.1. The predicted molar refractivity (Wildman–Crippen MR) is 69.2 cm³/mol. The minimum absolute atomic E-state index is 0.216. The lowest BCUT2D eigenvalue weighted by atomic mass is 10.1. The Bertz CT molecular complexity index is 551. The van der Waals surface area contributed by atoms with Crippen molar-refractivity contribution in [1.82, 2.24) is 0 Å². The molecule has 18 heavy (non-hydrogen) atoms. The second-order valence-corrected chi connectivity index (χ2v) is 4.34. The van der Waals surface area contributed by atoms with E-state index < -0.39 is 5.97 Å². The van der Waals surface area contributed by atoms with Crippen molar-refractivity contribution in [2.75, 3.05) is 11.9 Å². The number of rotatable bonds is 4. The second kappa shape index (κ2) is 5.14. The highest BCUT2D eigenvalue weighted by Crippen LogP contribution is 2.25. The van der Waals surface area contributed by atoms with Crippen molar-refractivity contribution >= 4 is 23.3 Å². The smallest absolute Gasteiger partial charge is 0.337 e. The van der Waals surface area contributed by atoms with Gasteiger partial charge in [0.15, 0.2) is 0 Å². The van der Waals surface area contributed by atoms with Gasteiger partial charge >= 0.3 is 5.97 Å². The molecule has 0 amide bonds. The standard InChI is InChI=1S/C13H12ClNO3/c1-15(8-10-3-2-6-18-10)12-7-9(14)4-5-11(12)13(16)17/h2-7H,8H2,1H3,(H,16,17). The molecule has 0 aliphatic heterocycles. The molecule has 0 bridgehead atoms. The van der Waals surface area contributed by atoms with Crippen LogP contribution in [-0.4, -0.2) is 18.1 Å². The average molecular weight is 266 g/mol. The van der Waals surface area contributed by atoms with Crippen molar-refractivity contribution in [2.24, 2.45) is 0 Å². The second-order valence-electron chi connectivity index (χ2n) is 3.90. The summed E-state index contributed by atoms with van der Waals surface area (Å²) in [6, 6.07) is 8.32. The van der Waals surface area contributed by atoms with Crippen molar-refractivity contribution in [3.63, 3.8) is 0 Å². The number of nitrogens with zero attached hydrogens (tertiary/aromatic N) is 1. The van der Waals surface area contributed by atoms with Gasteiger partial charge in [0.2, 0.25) is 0 Å². The van der Waals surface area contributed by atoms with Gasteiger partial charge in [-0.3, -0.25) is 0 Å². The quantitative estimate of drug-likeness (QED) is 0.922. The first kappa shape index (κ1) is 12.5. The number of furan rings is 1. The average Bonchev–Trinajstić information content (AvgIpc) is 2.81. The number of carboxylic acids is 1. The highest BCUT2D eigenvalue weighted by Gasteiger charge is 2.14. The predicted octanol–water partition coefficient (Wildman–Crippen LogP) is 3.27. The number of aromatic carboxylic acids is 1. The Hall–Kier alpha value is -1.94. The lowest BCUT2D eigenvalue weighted by Gasteiger charge is -2.20. The molecule has 2 rings (SSSR count). The van der Waals surface area contributed by atoms with Crippen molar-refractivity contribution in [1.29, 1.82) is 0 Å². The van der Waals surface area contributed by atoms with Crippen molar-refractivity contribution in [3.8, 4) is 0 Å². The first-order chi connectivity index (χ1) is 8.58. The van der Waals surface area contributed by atoms with E-state index in [0.29, 0.717) is 17.3 Å². The van der Waals surface area contributed by atoms with Crippen LogP contribution in [0.2, 0.25) is 5.02 Å². The van der Waals surface area contributed by atoms with Gasteiger partial charge < -0.3 is 14.4 Å². The van der Waals surface area contributed by atoms with Crippen LogP contribution in [0.3, 0.4) is 0 Å². The summed E-state index contributed by atoms with van der Waals surface area (Å²) >= 11 is 5.90. The van der Waals surface area contributed by atoms with Crippen LogP contribution < -0.4 is 4.90 Å². The molecule has 94 valence electrons. The number of hydrogen-bond acceptors (Lipinski definition) is 3. The third-order valence-electron chi connectivity index (χ3n) is 2.57. The Morgan fingerprint density at radius 2 is 2.22 bits per heavy atom. The zero-order valence-electron chi connectivity index (χ0n) is 9.76. The summed E-state index contributed by atoms with van der Waals surface area (Å²) in [4.78, 5) is 12.9. The van der Waals surface area contributed by atoms with Crippen LogP contribution in [0.4, 0.5) is 5.69 Å². The molecule has 0 atom stereocenters. The first-order valence-corrected chi connectivity index (χ1v) is 5.72. The molecule has 1 heterocycles. The Morgan fingerprint density at radius 1 is 1.44 bits per heavy atom. The molecule has 1 N–H and O–H groups in total.